The number of hydrogen-bond donors (Lipinski definition) is 0. The topological polar surface area (TPSA) is 35.1 Å². The molecule has 4 nitrogen and oxygen atoms in total. The van der Waals surface area contributed by atoms with Crippen molar-refractivity contribution in [2.45, 2.75) is 0 Å². The van der Waals surface area contributed by atoms with Crippen molar-refractivity contribution in [3.8, 4) is 28.5 Å². The second-order valence-electron chi connectivity index (χ2n) is 11.9. The van der Waals surface area contributed by atoms with Gasteiger partial charge in [0, 0.05) is 44.1 Å². The largest absolute Gasteiger partial charge is 0.309 e. The molecule has 0 saturated carbocycles. The molecular weight excluding hydrogens is 560 g/mol. The SMILES string of the molecule is c1ccc(-c2cc(-n3c4ccccc4c4cc5cc6c7ccccc7c7ccccc7n6c5cc43)nc(-c3ccccc3)n2)cc1. The van der Waals surface area contributed by atoms with Crippen molar-refractivity contribution < 1.29 is 0 Å². The standard InChI is InChI=1S/C42H26N4/c1-3-13-27(14-4-1)35-25-41(44-42(43-35)28-15-5-2-6-16-28)46-37-22-12-10-20-33(37)34-23-29-24-39-32-19-8-7-17-30(32)31-18-9-11-21-36(31)45(39)38(29)26-40(34)46/h1-26H. The summed E-state index contributed by atoms with van der Waals surface area (Å²) in [6.45, 7) is 0. The van der Waals surface area contributed by atoms with Crippen molar-refractivity contribution in [1.82, 2.24) is 18.9 Å². The van der Waals surface area contributed by atoms with E-state index < -0.39 is 0 Å². The summed E-state index contributed by atoms with van der Waals surface area (Å²) in [6, 6.07) is 55.9. The summed E-state index contributed by atoms with van der Waals surface area (Å²) >= 11 is 0. The van der Waals surface area contributed by atoms with Crippen molar-refractivity contribution in [2.24, 2.45) is 0 Å². The first-order chi connectivity index (χ1) is 22.8. The van der Waals surface area contributed by atoms with E-state index in [4.69, 9.17) is 9.97 Å². The number of aromatic nitrogens is 4. The van der Waals surface area contributed by atoms with Crippen LogP contribution in [0, 0.1) is 0 Å². The minimum atomic E-state index is 0.703. The first-order valence-corrected chi connectivity index (χ1v) is 15.6. The zero-order chi connectivity index (χ0) is 30.2. The average Bonchev–Trinajstić information content (AvgIpc) is 3.67. The molecule has 0 atom stereocenters. The van der Waals surface area contributed by atoms with Crippen molar-refractivity contribution in [1.29, 1.82) is 0 Å². The van der Waals surface area contributed by atoms with Gasteiger partial charge in [-0.05, 0) is 35.7 Å². The maximum Gasteiger partial charge on any atom is 0.162 e. The van der Waals surface area contributed by atoms with E-state index in [1.165, 1.54) is 48.9 Å². The van der Waals surface area contributed by atoms with Crippen molar-refractivity contribution in [3.63, 3.8) is 0 Å². The van der Waals surface area contributed by atoms with E-state index in [-0.39, 0.29) is 0 Å². The van der Waals surface area contributed by atoms with E-state index in [9.17, 15) is 0 Å². The summed E-state index contributed by atoms with van der Waals surface area (Å²) in [5.41, 5.74) is 8.76. The Bertz CT molecular complexity index is 2730. The molecule has 4 heteroatoms. The zero-order valence-electron chi connectivity index (χ0n) is 24.8. The Kier molecular flexibility index (Phi) is 5.25. The van der Waals surface area contributed by atoms with Gasteiger partial charge in [-0.1, -0.05) is 121 Å². The highest BCUT2D eigenvalue weighted by Gasteiger charge is 2.19. The van der Waals surface area contributed by atoms with Gasteiger partial charge in [0.15, 0.2) is 5.82 Å². The summed E-state index contributed by atoms with van der Waals surface area (Å²) in [5, 5.41) is 7.40. The molecule has 4 aromatic heterocycles. The summed E-state index contributed by atoms with van der Waals surface area (Å²) in [5.74, 6) is 1.55. The van der Waals surface area contributed by atoms with E-state index in [2.05, 4.69) is 142 Å². The van der Waals surface area contributed by atoms with Gasteiger partial charge in [-0.2, -0.15) is 0 Å². The molecule has 214 valence electrons. The Balaban J connectivity index is 1.35. The third-order valence-corrected chi connectivity index (χ3v) is 9.28. The Morgan fingerprint density at radius 3 is 1.70 bits per heavy atom. The normalized spacial score (nSPS) is 11.9. The first kappa shape index (κ1) is 25.1. The molecule has 46 heavy (non-hydrogen) atoms. The number of nitrogens with zero attached hydrogens (tertiary/aromatic N) is 4. The summed E-state index contributed by atoms with van der Waals surface area (Å²) in [4.78, 5) is 10.3. The summed E-state index contributed by atoms with van der Waals surface area (Å²) in [7, 11) is 0. The van der Waals surface area contributed by atoms with Crippen LogP contribution in [0.5, 0.6) is 0 Å². The van der Waals surface area contributed by atoms with Gasteiger partial charge in [-0.15, -0.1) is 0 Å². The van der Waals surface area contributed by atoms with Gasteiger partial charge in [0.25, 0.3) is 0 Å². The van der Waals surface area contributed by atoms with Crippen LogP contribution in [0.2, 0.25) is 0 Å². The van der Waals surface area contributed by atoms with Crippen LogP contribution in [0.4, 0.5) is 0 Å². The first-order valence-electron chi connectivity index (χ1n) is 15.6. The van der Waals surface area contributed by atoms with Gasteiger partial charge in [0.1, 0.15) is 5.82 Å². The monoisotopic (exact) mass is 586 g/mol. The molecule has 0 aliphatic rings. The molecule has 10 aromatic rings. The van der Waals surface area contributed by atoms with Crippen LogP contribution in [0.25, 0.3) is 88.4 Å². The maximum atomic E-state index is 5.24. The molecule has 0 aliphatic heterocycles. The zero-order valence-corrected chi connectivity index (χ0v) is 24.8. The van der Waals surface area contributed by atoms with Crippen molar-refractivity contribution in [3.05, 3.63) is 158 Å². The van der Waals surface area contributed by atoms with Crippen molar-refractivity contribution in [2.75, 3.05) is 0 Å². The van der Waals surface area contributed by atoms with E-state index in [0.717, 1.165) is 33.7 Å². The highest BCUT2D eigenvalue weighted by molar-refractivity contribution is 6.18. The number of para-hydroxylation sites is 2. The number of hydrogen-bond acceptors (Lipinski definition) is 2. The average molecular weight is 587 g/mol. The predicted octanol–water partition coefficient (Wildman–Crippen LogP) is 10.6. The van der Waals surface area contributed by atoms with Crippen LogP contribution in [-0.2, 0) is 0 Å². The summed E-state index contributed by atoms with van der Waals surface area (Å²) in [6.07, 6.45) is 0. The fourth-order valence-electron chi connectivity index (χ4n) is 7.24. The molecule has 0 spiro atoms. The lowest BCUT2D eigenvalue weighted by molar-refractivity contribution is 1.05. The van der Waals surface area contributed by atoms with Gasteiger partial charge in [-0.3, -0.25) is 4.57 Å². The minimum absolute atomic E-state index is 0.703. The van der Waals surface area contributed by atoms with E-state index >= 15 is 0 Å². The third-order valence-electron chi connectivity index (χ3n) is 9.28. The molecule has 0 radical (unpaired) electrons. The quantitative estimate of drug-likeness (QED) is 0.193. The minimum Gasteiger partial charge on any atom is -0.309 e. The number of rotatable bonds is 3. The predicted molar refractivity (Wildman–Crippen MR) is 191 cm³/mol. The molecule has 0 saturated heterocycles. The Hall–Kier alpha value is -6.26. The Morgan fingerprint density at radius 2 is 0.957 bits per heavy atom. The number of pyridine rings is 1. The van der Waals surface area contributed by atoms with Crippen LogP contribution >= 0.6 is 0 Å². The van der Waals surface area contributed by atoms with Gasteiger partial charge >= 0.3 is 0 Å². The van der Waals surface area contributed by atoms with Crippen molar-refractivity contribution >= 4 is 59.9 Å². The van der Waals surface area contributed by atoms with E-state index in [1.807, 2.05) is 24.3 Å². The molecular formula is C42H26N4. The fraction of sp³-hybridized carbons (Fsp3) is 0. The smallest absolute Gasteiger partial charge is 0.162 e. The molecule has 0 fully saturated rings. The van der Waals surface area contributed by atoms with Gasteiger partial charge in [0.05, 0.1) is 33.3 Å². The van der Waals surface area contributed by atoms with Crippen LogP contribution in [0.3, 0.4) is 0 Å². The highest BCUT2D eigenvalue weighted by Crippen LogP contribution is 2.39. The maximum absolute atomic E-state index is 5.24. The van der Waals surface area contributed by atoms with E-state index in [1.54, 1.807) is 0 Å². The lowest BCUT2D eigenvalue weighted by Gasteiger charge is -2.12. The van der Waals surface area contributed by atoms with Gasteiger partial charge in [0.2, 0.25) is 0 Å². The third kappa shape index (κ3) is 3.61. The molecule has 6 aromatic carbocycles. The Morgan fingerprint density at radius 1 is 0.370 bits per heavy atom. The molecule has 0 amide bonds. The van der Waals surface area contributed by atoms with Crippen LogP contribution in [-0.4, -0.2) is 18.9 Å². The number of benzene rings is 6. The molecule has 0 bridgehead atoms. The van der Waals surface area contributed by atoms with E-state index in [0.29, 0.717) is 5.82 Å². The number of fused-ring (bicyclic) bond motifs is 11. The molecule has 10 rings (SSSR count). The lowest BCUT2D eigenvalue weighted by atomic mass is 10.1. The van der Waals surface area contributed by atoms with Gasteiger partial charge in [-0.25, -0.2) is 9.97 Å². The second kappa shape index (κ2) is 9.62. The molecule has 0 unspecified atom stereocenters. The van der Waals surface area contributed by atoms with Crippen LogP contribution < -0.4 is 0 Å². The Labute approximate surface area is 264 Å². The van der Waals surface area contributed by atoms with Gasteiger partial charge < -0.3 is 4.40 Å². The molecule has 0 aliphatic carbocycles. The molecule has 4 heterocycles. The summed E-state index contributed by atoms with van der Waals surface area (Å²) < 4.78 is 4.74. The second-order valence-corrected chi connectivity index (χ2v) is 11.9. The van der Waals surface area contributed by atoms with Crippen LogP contribution in [0.15, 0.2) is 158 Å². The lowest BCUT2D eigenvalue weighted by Crippen LogP contribution is -2.02. The highest BCUT2D eigenvalue weighted by atomic mass is 15.1. The van der Waals surface area contributed by atoms with Crippen LogP contribution in [0.1, 0.15) is 0 Å². The fourth-order valence-corrected chi connectivity index (χ4v) is 7.24. The molecule has 0 N–H and O–H groups in total.